The van der Waals surface area contributed by atoms with Gasteiger partial charge in [-0.05, 0) is 29.3 Å². The van der Waals surface area contributed by atoms with Crippen LogP contribution in [-0.4, -0.2) is 21.6 Å². The summed E-state index contributed by atoms with van der Waals surface area (Å²) in [6.07, 6.45) is 0. The zero-order chi connectivity index (χ0) is 19.8. The Labute approximate surface area is 165 Å². The lowest BCUT2D eigenvalue weighted by Crippen LogP contribution is -2.34. The molecule has 0 radical (unpaired) electrons. The van der Waals surface area contributed by atoms with Crippen molar-refractivity contribution in [3.63, 3.8) is 0 Å². The fraction of sp³-hybridized carbons (Fsp3) is 0.0476. The topological polar surface area (TPSA) is 80.5 Å². The summed E-state index contributed by atoms with van der Waals surface area (Å²) in [4.78, 5) is 37.8. The number of nitro groups is 1. The van der Waals surface area contributed by atoms with Crippen LogP contribution in [0.3, 0.4) is 0 Å². The second-order valence-corrected chi connectivity index (χ2v) is 6.77. The highest BCUT2D eigenvalue weighted by molar-refractivity contribution is 6.30. The largest absolute Gasteiger partial charge is 0.270 e. The number of hydrogen-bond donors (Lipinski definition) is 0. The molecule has 4 rings (SSSR count). The first-order valence-electron chi connectivity index (χ1n) is 8.44. The van der Waals surface area contributed by atoms with Crippen molar-refractivity contribution in [3.8, 4) is 0 Å². The van der Waals surface area contributed by atoms with E-state index in [1.165, 1.54) is 12.1 Å². The van der Waals surface area contributed by atoms with Gasteiger partial charge in [-0.1, -0.05) is 54.1 Å². The maximum absolute atomic E-state index is 13.1. The first kappa shape index (κ1) is 17.9. The van der Waals surface area contributed by atoms with Gasteiger partial charge in [0.2, 0.25) is 0 Å². The number of nitro benzene ring substituents is 1. The molecular formula is C21H13ClN2O4. The molecule has 0 saturated carbocycles. The van der Waals surface area contributed by atoms with Gasteiger partial charge in [-0.2, -0.15) is 0 Å². The molecule has 1 aliphatic heterocycles. The van der Waals surface area contributed by atoms with Gasteiger partial charge < -0.3 is 0 Å². The number of carbonyl (C=O) groups is 2. The van der Waals surface area contributed by atoms with Crippen LogP contribution < -0.4 is 0 Å². The Balaban J connectivity index is 1.85. The van der Waals surface area contributed by atoms with Gasteiger partial charge in [-0.15, -0.1) is 0 Å². The summed E-state index contributed by atoms with van der Waals surface area (Å²) in [5, 5.41) is 11.6. The maximum atomic E-state index is 13.1. The van der Waals surface area contributed by atoms with Crippen LogP contribution in [-0.2, 0) is 0 Å². The third-order valence-electron chi connectivity index (χ3n) is 4.67. The molecular weight excluding hydrogens is 380 g/mol. The highest BCUT2D eigenvalue weighted by Gasteiger charge is 2.42. The van der Waals surface area contributed by atoms with E-state index < -0.39 is 22.8 Å². The Morgan fingerprint density at radius 2 is 1.43 bits per heavy atom. The number of hydrogen-bond acceptors (Lipinski definition) is 4. The van der Waals surface area contributed by atoms with E-state index in [1.807, 2.05) is 30.3 Å². The molecule has 3 aromatic carbocycles. The monoisotopic (exact) mass is 392 g/mol. The second-order valence-electron chi connectivity index (χ2n) is 6.33. The third-order valence-corrected chi connectivity index (χ3v) is 4.92. The van der Waals surface area contributed by atoms with Gasteiger partial charge in [0.05, 0.1) is 22.1 Å². The van der Waals surface area contributed by atoms with Gasteiger partial charge in [0.15, 0.2) is 0 Å². The Morgan fingerprint density at radius 3 is 2.07 bits per heavy atom. The molecule has 7 heteroatoms. The molecule has 0 fully saturated rings. The lowest BCUT2D eigenvalue weighted by atomic mass is 9.97. The molecule has 0 aliphatic carbocycles. The van der Waals surface area contributed by atoms with Gasteiger partial charge in [0, 0.05) is 17.2 Å². The van der Waals surface area contributed by atoms with Crippen LogP contribution in [0.1, 0.15) is 37.9 Å². The summed E-state index contributed by atoms with van der Waals surface area (Å²) in [5.74, 6) is -1.05. The highest BCUT2D eigenvalue weighted by atomic mass is 35.5. The molecule has 1 heterocycles. The van der Waals surface area contributed by atoms with Crippen molar-refractivity contribution in [3.05, 3.63) is 110 Å². The number of benzene rings is 3. The van der Waals surface area contributed by atoms with Crippen molar-refractivity contribution in [2.24, 2.45) is 0 Å². The van der Waals surface area contributed by atoms with Crippen LogP contribution in [0.25, 0.3) is 0 Å². The summed E-state index contributed by atoms with van der Waals surface area (Å²) in [6, 6.07) is 19.1. The number of carbonyl (C=O) groups excluding carboxylic acids is 2. The zero-order valence-corrected chi connectivity index (χ0v) is 15.2. The fourth-order valence-corrected chi connectivity index (χ4v) is 3.49. The molecule has 3 aromatic rings. The van der Waals surface area contributed by atoms with Gasteiger partial charge in [0.25, 0.3) is 17.5 Å². The van der Waals surface area contributed by atoms with Crippen LogP contribution in [0.4, 0.5) is 5.69 Å². The first-order valence-corrected chi connectivity index (χ1v) is 8.82. The lowest BCUT2D eigenvalue weighted by molar-refractivity contribution is -0.384. The summed E-state index contributed by atoms with van der Waals surface area (Å²) in [6.45, 7) is 0. The molecule has 0 spiro atoms. The normalized spacial score (nSPS) is 14.1. The van der Waals surface area contributed by atoms with E-state index in [-0.39, 0.29) is 16.8 Å². The fourth-order valence-electron chi connectivity index (χ4n) is 3.37. The Kier molecular flexibility index (Phi) is 4.41. The minimum atomic E-state index is -0.676. The molecule has 1 unspecified atom stereocenters. The van der Waals surface area contributed by atoms with Crippen molar-refractivity contribution >= 4 is 29.1 Å². The number of non-ortho nitro benzene ring substituents is 1. The maximum Gasteiger partial charge on any atom is 0.270 e. The highest BCUT2D eigenvalue weighted by Crippen LogP contribution is 2.37. The average molecular weight is 393 g/mol. The van der Waals surface area contributed by atoms with Crippen LogP contribution in [0.2, 0.25) is 5.02 Å². The van der Waals surface area contributed by atoms with Crippen molar-refractivity contribution in [1.82, 2.24) is 4.90 Å². The van der Waals surface area contributed by atoms with Crippen molar-refractivity contribution in [2.75, 3.05) is 0 Å². The molecule has 0 aromatic heterocycles. The van der Waals surface area contributed by atoms with Gasteiger partial charge in [-0.3, -0.25) is 24.6 Å². The Bertz CT molecular complexity index is 1100. The van der Waals surface area contributed by atoms with Gasteiger partial charge >= 0.3 is 0 Å². The predicted octanol–water partition coefficient (Wildman–Crippen LogP) is 4.63. The molecule has 6 nitrogen and oxygen atoms in total. The Hall–Kier alpha value is -3.51. The number of imide groups is 1. The molecule has 2 amide bonds. The average Bonchev–Trinajstić information content (AvgIpc) is 2.95. The van der Waals surface area contributed by atoms with Crippen LogP contribution in [0, 0.1) is 10.1 Å². The summed E-state index contributed by atoms with van der Waals surface area (Å²) < 4.78 is 0. The van der Waals surface area contributed by atoms with Gasteiger partial charge in [-0.25, -0.2) is 0 Å². The SMILES string of the molecule is O=C1c2ccc([N+](=O)[O-])cc2C(=O)N1C(c1ccccc1)c1ccc(Cl)cc1. The third kappa shape index (κ3) is 2.93. The number of amides is 2. The first-order chi connectivity index (χ1) is 13.5. The van der Waals surface area contributed by atoms with E-state index in [2.05, 4.69) is 0 Å². The molecule has 1 atom stereocenters. The van der Waals surface area contributed by atoms with Crippen LogP contribution >= 0.6 is 11.6 Å². The molecule has 1 aliphatic rings. The molecule has 138 valence electrons. The molecule has 0 bridgehead atoms. The minimum absolute atomic E-state index is 0.0362. The lowest BCUT2D eigenvalue weighted by Gasteiger charge is -2.27. The number of halogens is 1. The van der Waals surface area contributed by atoms with E-state index in [0.717, 1.165) is 16.5 Å². The quantitative estimate of drug-likeness (QED) is 0.368. The van der Waals surface area contributed by atoms with E-state index in [0.29, 0.717) is 10.6 Å². The standard InChI is InChI=1S/C21H13ClN2O4/c22-15-8-6-14(7-9-15)19(13-4-2-1-3-5-13)23-20(25)17-11-10-16(24(27)28)12-18(17)21(23)26/h1-12,19H. The Morgan fingerprint density at radius 1 is 0.821 bits per heavy atom. The molecule has 28 heavy (non-hydrogen) atoms. The van der Waals surface area contributed by atoms with E-state index in [4.69, 9.17) is 11.6 Å². The minimum Gasteiger partial charge on any atom is -0.269 e. The van der Waals surface area contributed by atoms with Crippen molar-refractivity contribution < 1.29 is 14.5 Å². The van der Waals surface area contributed by atoms with Crippen molar-refractivity contribution in [2.45, 2.75) is 6.04 Å². The number of rotatable bonds is 4. The predicted molar refractivity (Wildman–Crippen MR) is 103 cm³/mol. The number of fused-ring (bicyclic) bond motifs is 1. The zero-order valence-electron chi connectivity index (χ0n) is 14.4. The van der Waals surface area contributed by atoms with Crippen molar-refractivity contribution in [1.29, 1.82) is 0 Å². The molecule has 0 saturated heterocycles. The summed E-state index contributed by atoms with van der Waals surface area (Å²) in [5.41, 5.74) is 1.41. The van der Waals surface area contributed by atoms with Gasteiger partial charge in [0.1, 0.15) is 0 Å². The van der Waals surface area contributed by atoms with E-state index >= 15 is 0 Å². The van der Waals surface area contributed by atoms with Crippen LogP contribution in [0.5, 0.6) is 0 Å². The smallest absolute Gasteiger partial charge is 0.269 e. The summed E-state index contributed by atoms with van der Waals surface area (Å²) >= 11 is 5.99. The van der Waals surface area contributed by atoms with E-state index in [1.54, 1.807) is 24.3 Å². The van der Waals surface area contributed by atoms with E-state index in [9.17, 15) is 19.7 Å². The number of nitrogens with zero attached hydrogens (tertiary/aromatic N) is 2. The summed E-state index contributed by atoms with van der Waals surface area (Å²) in [7, 11) is 0. The second kappa shape index (κ2) is 6.90. The molecule has 0 N–H and O–H groups in total. The van der Waals surface area contributed by atoms with Crippen LogP contribution in [0.15, 0.2) is 72.8 Å².